The summed E-state index contributed by atoms with van der Waals surface area (Å²) in [5.74, 6) is 1.65. The number of carbonyl (C=O) groups is 1. The summed E-state index contributed by atoms with van der Waals surface area (Å²) >= 11 is 0. The maximum atomic E-state index is 11.7. The fourth-order valence-electron chi connectivity index (χ4n) is 2.95. The van der Waals surface area contributed by atoms with E-state index in [4.69, 9.17) is 5.73 Å². The van der Waals surface area contributed by atoms with Gasteiger partial charge in [0.05, 0.1) is 5.54 Å². The van der Waals surface area contributed by atoms with Crippen LogP contribution in [0.5, 0.6) is 0 Å². The lowest BCUT2D eigenvalue weighted by Gasteiger charge is -2.28. The van der Waals surface area contributed by atoms with Crippen LogP contribution in [-0.2, 0) is 4.79 Å². The molecule has 3 N–H and O–H groups in total. The van der Waals surface area contributed by atoms with E-state index in [1.165, 1.54) is 25.8 Å². The molecule has 0 aliphatic heterocycles. The molecule has 0 radical (unpaired) electrons. The summed E-state index contributed by atoms with van der Waals surface area (Å²) in [6.07, 6.45) is 6.83. The second-order valence-corrected chi connectivity index (χ2v) is 7.31. The van der Waals surface area contributed by atoms with Crippen molar-refractivity contribution in [1.29, 1.82) is 0 Å². The van der Waals surface area contributed by atoms with Gasteiger partial charge in [-0.15, -0.1) is 0 Å². The smallest absolute Gasteiger partial charge is 0.237 e. The summed E-state index contributed by atoms with van der Waals surface area (Å²) in [5, 5.41) is 3.41. The van der Waals surface area contributed by atoms with Crippen LogP contribution in [0.4, 0.5) is 0 Å². The van der Waals surface area contributed by atoms with Crippen LogP contribution in [0, 0.1) is 11.8 Å². The fourth-order valence-corrected chi connectivity index (χ4v) is 2.95. The van der Waals surface area contributed by atoms with Crippen LogP contribution in [0.25, 0.3) is 0 Å². The van der Waals surface area contributed by atoms with Gasteiger partial charge in [-0.3, -0.25) is 4.79 Å². The second kappa shape index (κ2) is 6.44. The zero-order valence-electron chi connectivity index (χ0n) is 13.3. The van der Waals surface area contributed by atoms with Gasteiger partial charge in [-0.05, 0) is 70.9 Å². The van der Waals surface area contributed by atoms with Gasteiger partial charge in [-0.25, -0.2) is 0 Å². The number of hydrogen-bond acceptors (Lipinski definition) is 3. The van der Waals surface area contributed by atoms with Gasteiger partial charge in [0.25, 0.3) is 0 Å². The zero-order valence-corrected chi connectivity index (χ0v) is 13.3. The van der Waals surface area contributed by atoms with E-state index in [0.29, 0.717) is 6.04 Å². The molecule has 4 heteroatoms. The number of carbonyl (C=O) groups excluding carboxylic acids is 1. The first-order valence-electron chi connectivity index (χ1n) is 8.17. The number of unbranched alkanes of at least 4 members (excludes halogenated alkanes) is 1. The molecule has 3 unspecified atom stereocenters. The van der Waals surface area contributed by atoms with Gasteiger partial charge in [0.1, 0.15) is 0 Å². The van der Waals surface area contributed by atoms with Crippen molar-refractivity contribution in [2.24, 2.45) is 17.6 Å². The molecular weight excluding hydrogens is 250 g/mol. The number of nitrogens with zero attached hydrogens (tertiary/aromatic N) is 1. The molecule has 4 nitrogen and oxygen atoms in total. The van der Waals surface area contributed by atoms with E-state index in [2.05, 4.69) is 24.2 Å². The van der Waals surface area contributed by atoms with Crippen molar-refractivity contribution in [3.63, 3.8) is 0 Å². The van der Waals surface area contributed by atoms with Gasteiger partial charge in [-0.2, -0.15) is 0 Å². The molecule has 0 saturated heterocycles. The first-order chi connectivity index (χ1) is 9.40. The summed E-state index contributed by atoms with van der Waals surface area (Å²) in [6.45, 7) is 6.65. The Balaban J connectivity index is 1.61. The van der Waals surface area contributed by atoms with E-state index >= 15 is 0 Å². The Labute approximate surface area is 123 Å². The number of amides is 1. The summed E-state index contributed by atoms with van der Waals surface area (Å²) in [7, 11) is 2.21. The zero-order chi connectivity index (χ0) is 14.8. The lowest BCUT2D eigenvalue weighted by atomic mass is 9.93. The van der Waals surface area contributed by atoms with E-state index < -0.39 is 5.54 Å². The summed E-state index contributed by atoms with van der Waals surface area (Å²) < 4.78 is 0. The minimum atomic E-state index is -0.509. The van der Waals surface area contributed by atoms with Crippen LogP contribution in [0.1, 0.15) is 52.4 Å². The first-order valence-corrected chi connectivity index (χ1v) is 8.17. The van der Waals surface area contributed by atoms with Crippen molar-refractivity contribution in [3.8, 4) is 0 Å². The molecule has 0 aromatic rings. The lowest BCUT2D eigenvalue weighted by Crippen LogP contribution is -2.54. The normalized spacial score (nSPS) is 28.4. The van der Waals surface area contributed by atoms with Crippen LogP contribution in [0.15, 0.2) is 0 Å². The minimum Gasteiger partial charge on any atom is -0.368 e. The van der Waals surface area contributed by atoms with Crippen molar-refractivity contribution in [2.75, 3.05) is 20.1 Å². The van der Waals surface area contributed by atoms with E-state index in [-0.39, 0.29) is 5.91 Å². The highest BCUT2D eigenvalue weighted by Crippen LogP contribution is 2.37. The highest BCUT2D eigenvalue weighted by molar-refractivity contribution is 5.84. The molecule has 2 fully saturated rings. The number of nitrogens with one attached hydrogen (secondary N) is 1. The van der Waals surface area contributed by atoms with Crippen molar-refractivity contribution in [1.82, 2.24) is 10.2 Å². The molecule has 3 atom stereocenters. The van der Waals surface area contributed by atoms with E-state index in [1.807, 2.05) is 6.92 Å². The molecule has 1 amide bonds. The molecule has 2 aliphatic rings. The van der Waals surface area contributed by atoms with E-state index in [1.54, 1.807) is 0 Å². The van der Waals surface area contributed by atoms with Gasteiger partial charge in [-0.1, -0.05) is 6.92 Å². The van der Waals surface area contributed by atoms with Crippen molar-refractivity contribution in [3.05, 3.63) is 0 Å². The Bertz CT molecular complexity index is 343. The molecule has 0 aromatic heterocycles. The van der Waals surface area contributed by atoms with Crippen LogP contribution in [0.2, 0.25) is 0 Å². The summed E-state index contributed by atoms with van der Waals surface area (Å²) in [6, 6.07) is 0.520. The van der Waals surface area contributed by atoms with Crippen LogP contribution in [-0.4, -0.2) is 42.5 Å². The minimum absolute atomic E-state index is 0.204. The van der Waals surface area contributed by atoms with Gasteiger partial charge in [0.2, 0.25) is 5.91 Å². The molecule has 2 saturated carbocycles. The van der Waals surface area contributed by atoms with Crippen molar-refractivity contribution in [2.45, 2.75) is 64.0 Å². The molecule has 2 rings (SSSR count). The monoisotopic (exact) mass is 281 g/mol. The van der Waals surface area contributed by atoms with Gasteiger partial charge < -0.3 is 16.0 Å². The van der Waals surface area contributed by atoms with Crippen LogP contribution >= 0.6 is 0 Å². The molecule has 0 aromatic carbocycles. The second-order valence-electron chi connectivity index (χ2n) is 7.31. The highest BCUT2D eigenvalue weighted by atomic mass is 16.1. The van der Waals surface area contributed by atoms with Crippen molar-refractivity contribution < 1.29 is 4.79 Å². The number of nitrogens with two attached hydrogens (primary N) is 1. The molecular formula is C16H31N3O. The fraction of sp³-hybridized carbons (Fsp3) is 0.938. The number of rotatable bonds is 10. The molecule has 0 bridgehead atoms. The van der Waals surface area contributed by atoms with Crippen LogP contribution < -0.4 is 11.1 Å². The lowest BCUT2D eigenvalue weighted by molar-refractivity contribution is -0.124. The third-order valence-corrected chi connectivity index (χ3v) is 4.93. The number of primary amides is 1. The third-order valence-electron chi connectivity index (χ3n) is 4.93. The topological polar surface area (TPSA) is 58.4 Å². The quantitative estimate of drug-likeness (QED) is 0.600. The highest BCUT2D eigenvalue weighted by Gasteiger charge is 2.36. The van der Waals surface area contributed by atoms with Crippen LogP contribution in [0.3, 0.4) is 0 Å². The molecule has 0 heterocycles. The Morgan fingerprint density at radius 2 is 2.05 bits per heavy atom. The molecule has 0 spiro atoms. The largest absolute Gasteiger partial charge is 0.368 e. The predicted octanol–water partition coefficient (Wildman–Crippen LogP) is 1.74. The third kappa shape index (κ3) is 4.74. The number of hydrogen-bond donors (Lipinski definition) is 2. The predicted molar refractivity (Wildman–Crippen MR) is 82.4 cm³/mol. The average Bonchev–Trinajstić information content (AvgIpc) is 3.26. The van der Waals surface area contributed by atoms with Crippen molar-refractivity contribution >= 4 is 5.91 Å². The SMILES string of the molecule is CC1CC1CN(C)CCCCC(C)(NC1CC1)C(N)=O. The maximum absolute atomic E-state index is 11.7. The maximum Gasteiger partial charge on any atom is 0.237 e. The molecule has 116 valence electrons. The molecule has 20 heavy (non-hydrogen) atoms. The van der Waals surface area contributed by atoms with Gasteiger partial charge >= 0.3 is 0 Å². The van der Waals surface area contributed by atoms with Gasteiger partial charge in [0.15, 0.2) is 0 Å². The Morgan fingerprint density at radius 1 is 1.40 bits per heavy atom. The van der Waals surface area contributed by atoms with E-state index in [0.717, 1.165) is 37.6 Å². The molecule has 2 aliphatic carbocycles. The Kier molecular flexibility index (Phi) is 5.08. The standard InChI is InChI=1S/C16H31N3O/c1-12-10-13(12)11-19(3)9-5-4-8-16(2,15(17)20)18-14-6-7-14/h12-14,18H,4-11H2,1-3H3,(H2,17,20). The van der Waals surface area contributed by atoms with E-state index in [9.17, 15) is 4.79 Å². The Hall–Kier alpha value is -0.610. The average molecular weight is 281 g/mol. The summed E-state index contributed by atoms with van der Waals surface area (Å²) in [4.78, 5) is 14.1. The summed E-state index contributed by atoms with van der Waals surface area (Å²) in [5.41, 5.74) is 5.06. The first kappa shape index (κ1) is 15.8. The Morgan fingerprint density at radius 3 is 2.55 bits per heavy atom. The van der Waals surface area contributed by atoms with Gasteiger partial charge in [0, 0.05) is 12.6 Å².